The van der Waals surface area contributed by atoms with Crippen molar-refractivity contribution in [1.82, 2.24) is 5.16 Å². The van der Waals surface area contributed by atoms with Crippen molar-refractivity contribution >= 4 is 0 Å². The molecular weight excluding hydrogens is 252 g/mol. The van der Waals surface area contributed by atoms with Crippen molar-refractivity contribution in [2.45, 2.75) is 12.8 Å². The van der Waals surface area contributed by atoms with Gasteiger partial charge in [-0.3, -0.25) is 4.63 Å². The van der Waals surface area contributed by atoms with Gasteiger partial charge in [0.25, 0.3) is 0 Å². The molecule has 4 heteroatoms. The molecular formula is C16H14N2O2. The van der Waals surface area contributed by atoms with E-state index in [0.717, 1.165) is 11.1 Å². The number of hydrogen-bond acceptors (Lipinski definition) is 3. The molecule has 0 fully saturated rings. The van der Waals surface area contributed by atoms with Gasteiger partial charge in [-0.2, -0.15) is 0 Å². The molecule has 1 heterocycles. The molecule has 4 nitrogen and oxygen atoms in total. The first-order valence-corrected chi connectivity index (χ1v) is 6.48. The number of benzene rings is 2. The molecule has 0 N–H and O–H groups in total. The average molecular weight is 266 g/mol. The molecule has 0 aliphatic heterocycles. The quantitative estimate of drug-likeness (QED) is 0.682. The normalized spacial score (nSPS) is 10.6. The Bertz CT molecular complexity index is 678. The van der Waals surface area contributed by atoms with Gasteiger partial charge in [-0.05, 0) is 16.0 Å². The molecule has 0 aliphatic carbocycles. The van der Waals surface area contributed by atoms with Crippen molar-refractivity contribution in [2.75, 3.05) is 0 Å². The third-order valence-electron chi connectivity index (χ3n) is 3.21. The summed E-state index contributed by atoms with van der Waals surface area (Å²) in [5.41, 5.74) is 3.43. The van der Waals surface area contributed by atoms with Gasteiger partial charge in [-0.25, -0.2) is 0 Å². The fraction of sp³-hybridized carbons (Fsp3) is 0.125. The van der Waals surface area contributed by atoms with Gasteiger partial charge in [-0.1, -0.05) is 60.7 Å². The molecule has 2 aromatic carbocycles. The van der Waals surface area contributed by atoms with E-state index in [0.29, 0.717) is 29.1 Å². The molecule has 100 valence electrons. The van der Waals surface area contributed by atoms with E-state index in [1.165, 1.54) is 0 Å². The summed E-state index contributed by atoms with van der Waals surface area (Å²) in [5.74, 6) is 0. The Kier molecular flexibility index (Phi) is 3.46. The first kappa shape index (κ1) is 12.4. The number of nitrogens with zero attached hydrogens (tertiary/aromatic N) is 2. The van der Waals surface area contributed by atoms with E-state index in [9.17, 15) is 5.21 Å². The predicted octanol–water partition coefficient (Wildman–Crippen LogP) is 2.49. The second kappa shape index (κ2) is 5.57. The number of aromatic nitrogens is 2. The van der Waals surface area contributed by atoms with Gasteiger partial charge >= 0.3 is 0 Å². The van der Waals surface area contributed by atoms with Crippen molar-refractivity contribution in [1.29, 1.82) is 0 Å². The van der Waals surface area contributed by atoms with Gasteiger partial charge in [0, 0.05) is 18.0 Å². The van der Waals surface area contributed by atoms with Crippen LogP contribution in [0.25, 0.3) is 0 Å². The van der Waals surface area contributed by atoms with Crippen LogP contribution in [0.3, 0.4) is 0 Å². The molecule has 0 bridgehead atoms. The Morgan fingerprint density at radius 1 is 0.850 bits per heavy atom. The number of hydrogen-bond donors (Lipinski definition) is 0. The molecule has 0 saturated carbocycles. The molecule has 3 aromatic rings. The molecule has 0 spiro atoms. The van der Waals surface area contributed by atoms with E-state index in [4.69, 9.17) is 4.63 Å². The summed E-state index contributed by atoms with van der Waals surface area (Å²) < 4.78 is 4.75. The van der Waals surface area contributed by atoms with E-state index in [1.54, 1.807) is 0 Å². The molecule has 1 aromatic heterocycles. The minimum atomic E-state index is 0.505. The maximum Gasteiger partial charge on any atom is 0.225 e. The molecule has 0 radical (unpaired) electrons. The lowest BCUT2D eigenvalue weighted by Gasteiger charge is -2.00. The van der Waals surface area contributed by atoms with E-state index in [2.05, 4.69) is 5.16 Å². The highest BCUT2D eigenvalue weighted by atomic mass is 16.8. The lowest BCUT2D eigenvalue weighted by atomic mass is 10.0. The smallest absolute Gasteiger partial charge is 0.225 e. The SMILES string of the molecule is [O-][n+]1onc(Cc2ccccc2)c1Cc1ccccc1. The largest absolute Gasteiger partial charge is 0.359 e. The van der Waals surface area contributed by atoms with Crippen molar-refractivity contribution in [3.63, 3.8) is 0 Å². The average Bonchev–Trinajstić information content (AvgIpc) is 2.83. The van der Waals surface area contributed by atoms with Crippen LogP contribution in [-0.2, 0) is 12.8 Å². The van der Waals surface area contributed by atoms with Crippen LogP contribution in [0.15, 0.2) is 65.3 Å². The highest BCUT2D eigenvalue weighted by Gasteiger charge is 2.19. The van der Waals surface area contributed by atoms with Gasteiger partial charge in [0.05, 0.1) is 0 Å². The minimum absolute atomic E-state index is 0.505. The second-order valence-electron chi connectivity index (χ2n) is 4.65. The Morgan fingerprint density at radius 2 is 1.40 bits per heavy atom. The summed E-state index contributed by atoms with van der Waals surface area (Å²) >= 11 is 0. The predicted molar refractivity (Wildman–Crippen MR) is 74.0 cm³/mol. The standard InChI is InChI=1S/C16H14N2O2/c19-18-16(12-14-9-5-2-6-10-14)15(17-20-18)11-13-7-3-1-4-8-13/h1-10H,11-12H2. The van der Waals surface area contributed by atoms with Crippen molar-refractivity contribution in [3.8, 4) is 0 Å². The molecule has 3 rings (SSSR count). The molecule has 0 saturated heterocycles. The fourth-order valence-electron chi connectivity index (χ4n) is 2.17. The molecule has 0 amide bonds. The topological polar surface area (TPSA) is 53.0 Å². The van der Waals surface area contributed by atoms with E-state index < -0.39 is 0 Å². The Hall–Kier alpha value is -2.62. The maximum absolute atomic E-state index is 11.7. The third-order valence-corrected chi connectivity index (χ3v) is 3.21. The first-order valence-electron chi connectivity index (χ1n) is 6.48. The van der Waals surface area contributed by atoms with Gasteiger partial charge in [0.15, 0.2) is 0 Å². The zero-order valence-electron chi connectivity index (χ0n) is 10.9. The zero-order chi connectivity index (χ0) is 13.8. The van der Waals surface area contributed by atoms with Gasteiger partial charge in [-0.15, -0.1) is 0 Å². The minimum Gasteiger partial charge on any atom is -0.359 e. The van der Waals surface area contributed by atoms with Crippen LogP contribution in [0.2, 0.25) is 0 Å². The van der Waals surface area contributed by atoms with E-state index in [-0.39, 0.29) is 0 Å². The lowest BCUT2D eigenvalue weighted by molar-refractivity contribution is -0.807. The van der Waals surface area contributed by atoms with Crippen LogP contribution < -0.4 is 4.90 Å². The number of rotatable bonds is 4. The van der Waals surface area contributed by atoms with Crippen LogP contribution in [0, 0.1) is 5.21 Å². The van der Waals surface area contributed by atoms with Crippen LogP contribution >= 0.6 is 0 Å². The molecule has 0 unspecified atom stereocenters. The Labute approximate surface area is 116 Å². The first-order chi connectivity index (χ1) is 9.83. The maximum atomic E-state index is 11.7. The summed E-state index contributed by atoms with van der Waals surface area (Å²) in [4.78, 5) is 0.505. The Balaban J connectivity index is 1.86. The summed E-state index contributed by atoms with van der Waals surface area (Å²) in [6.45, 7) is 0. The summed E-state index contributed by atoms with van der Waals surface area (Å²) in [7, 11) is 0. The van der Waals surface area contributed by atoms with E-state index in [1.807, 2.05) is 60.7 Å². The van der Waals surface area contributed by atoms with Gasteiger partial charge < -0.3 is 5.21 Å². The summed E-state index contributed by atoms with van der Waals surface area (Å²) in [6, 6.07) is 19.8. The van der Waals surface area contributed by atoms with Crippen LogP contribution in [-0.4, -0.2) is 5.16 Å². The highest BCUT2D eigenvalue weighted by Crippen LogP contribution is 2.13. The fourth-order valence-corrected chi connectivity index (χ4v) is 2.17. The lowest BCUT2D eigenvalue weighted by Crippen LogP contribution is -2.28. The molecule has 0 aliphatic rings. The summed E-state index contributed by atoms with van der Waals surface area (Å²) in [6.07, 6.45) is 1.12. The van der Waals surface area contributed by atoms with Crippen molar-refractivity contribution in [3.05, 3.63) is 88.4 Å². The van der Waals surface area contributed by atoms with Crippen LogP contribution in [0.5, 0.6) is 0 Å². The molecule has 0 atom stereocenters. The van der Waals surface area contributed by atoms with Crippen molar-refractivity contribution < 1.29 is 9.53 Å². The van der Waals surface area contributed by atoms with Gasteiger partial charge in [0.2, 0.25) is 11.4 Å². The monoisotopic (exact) mass is 266 g/mol. The molecule has 20 heavy (non-hydrogen) atoms. The highest BCUT2D eigenvalue weighted by molar-refractivity contribution is 5.26. The zero-order valence-corrected chi connectivity index (χ0v) is 10.9. The Morgan fingerprint density at radius 3 is 2.00 bits per heavy atom. The van der Waals surface area contributed by atoms with Crippen LogP contribution in [0.1, 0.15) is 22.5 Å². The second-order valence-corrected chi connectivity index (χ2v) is 4.65. The van der Waals surface area contributed by atoms with Crippen LogP contribution in [0.4, 0.5) is 0 Å². The van der Waals surface area contributed by atoms with E-state index >= 15 is 0 Å². The van der Waals surface area contributed by atoms with Gasteiger partial charge in [0.1, 0.15) is 0 Å². The third kappa shape index (κ3) is 2.69. The summed E-state index contributed by atoms with van der Waals surface area (Å²) in [5, 5.41) is 15.6. The van der Waals surface area contributed by atoms with Crippen molar-refractivity contribution in [2.24, 2.45) is 0 Å².